The summed E-state index contributed by atoms with van der Waals surface area (Å²) >= 11 is 0. The predicted octanol–water partition coefficient (Wildman–Crippen LogP) is 3.53. The average Bonchev–Trinajstić information content (AvgIpc) is 2.37. The third-order valence-corrected chi connectivity index (χ3v) is 2.55. The van der Waals surface area contributed by atoms with Crippen LogP contribution in [0.5, 0.6) is 0 Å². The molecule has 0 rings (SSSR count). The molecule has 0 spiro atoms. The molecular weight excluding hydrogens is 224 g/mol. The minimum Gasteiger partial charge on any atom is -0.390 e. The Balaban J connectivity index is 3.87. The maximum Gasteiger partial charge on any atom is 0.0982 e. The number of aliphatic hydroxyl groups is 2. The van der Waals surface area contributed by atoms with Gasteiger partial charge in [0.25, 0.3) is 0 Å². The van der Waals surface area contributed by atoms with E-state index in [0.29, 0.717) is 6.42 Å². The van der Waals surface area contributed by atoms with Crippen LogP contribution in [0, 0.1) is 0 Å². The summed E-state index contributed by atoms with van der Waals surface area (Å²) in [5, 5.41) is 19.3. The van der Waals surface area contributed by atoms with Crippen molar-refractivity contribution in [1.82, 2.24) is 0 Å². The van der Waals surface area contributed by atoms with Crippen molar-refractivity contribution in [3.8, 4) is 0 Å². The highest BCUT2D eigenvalue weighted by molar-refractivity contribution is 5.15. The lowest BCUT2D eigenvalue weighted by Crippen LogP contribution is -2.23. The Morgan fingerprint density at radius 3 is 2.11 bits per heavy atom. The third-order valence-electron chi connectivity index (χ3n) is 2.55. The van der Waals surface area contributed by atoms with E-state index in [1.807, 2.05) is 43.4 Å². The monoisotopic (exact) mass is 250 g/mol. The molecule has 0 aliphatic heterocycles. The molecule has 2 nitrogen and oxygen atoms in total. The molecule has 0 saturated carbocycles. The van der Waals surface area contributed by atoms with Crippen molar-refractivity contribution in [3.05, 3.63) is 48.6 Å². The van der Waals surface area contributed by atoms with Crippen LogP contribution in [0.25, 0.3) is 0 Å². The lowest BCUT2D eigenvalue weighted by Gasteiger charge is -2.13. The van der Waals surface area contributed by atoms with Gasteiger partial charge in [0.1, 0.15) is 0 Å². The number of unbranched alkanes of at least 4 members (excludes halogenated alkanes) is 2. The summed E-state index contributed by atoms with van der Waals surface area (Å²) in [6.45, 7) is 4.08. The molecular formula is C16H26O2. The average molecular weight is 250 g/mol. The zero-order valence-electron chi connectivity index (χ0n) is 11.5. The molecule has 0 radical (unpaired) electrons. The van der Waals surface area contributed by atoms with Crippen molar-refractivity contribution in [1.29, 1.82) is 0 Å². The number of hydrogen-bond donors (Lipinski definition) is 2. The van der Waals surface area contributed by atoms with E-state index in [9.17, 15) is 10.2 Å². The Labute approximate surface area is 111 Å². The van der Waals surface area contributed by atoms with E-state index in [-0.39, 0.29) is 0 Å². The summed E-state index contributed by atoms with van der Waals surface area (Å²) in [6.07, 6.45) is 17.3. The fourth-order valence-corrected chi connectivity index (χ4v) is 1.45. The van der Waals surface area contributed by atoms with Crippen LogP contribution < -0.4 is 0 Å². The number of allylic oxidation sites excluding steroid dienone is 7. The lowest BCUT2D eigenvalue weighted by atomic mass is 10.1. The van der Waals surface area contributed by atoms with E-state index in [0.717, 1.165) is 19.3 Å². The smallest absolute Gasteiger partial charge is 0.0982 e. The van der Waals surface area contributed by atoms with Crippen LogP contribution in [0.1, 0.15) is 39.5 Å². The van der Waals surface area contributed by atoms with Gasteiger partial charge in [0.05, 0.1) is 12.2 Å². The van der Waals surface area contributed by atoms with E-state index < -0.39 is 12.2 Å². The van der Waals surface area contributed by atoms with E-state index >= 15 is 0 Å². The van der Waals surface area contributed by atoms with Crippen molar-refractivity contribution in [2.45, 2.75) is 51.7 Å². The minimum absolute atomic E-state index is 0.653. The third kappa shape index (κ3) is 10.1. The van der Waals surface area contributed by atoms with Crippen LogP contribution in [0.4, 0.5) is 0 Å². The molecule has 0 unspecified atom stereocenters. The summed E-state index contributed by atoms with van der Waals surface area (Å²) in [7, 11) is 0. The maximum atomic E-state index is 9.67. The second-order valence-corrected chi connectivity index (χ2v) is 4.23. The first-order valence-corrected chi connectivity index (χ1v) is 6.71. The molecule has 0 saturated heterocycles. The molecule has 2 atom stereocenters. The molecule has 2 heteroatoms. The van der Waals surface area contributed by atoms with Crippen LogP contribution in [-0.2, 0) is 0 Å². The van der Waals surface area contributed by atoms with Gasteiger partial charge in [-0.05, 0) is 13.3 Å². The molecule has 18 heavy (non-hydrogen) atoms. The zero-order chi connectivity index (χ0) is 13.6. The normalized spacial score (nSPS) is 16.4. The second kappa shape index (κ2) is 12.3. The number of aliphatic hydroxyl groups excluding tert-OH is 2. The van der Waals surface area contributed by atoms with Gasteiger partial charge in [-0.2, -0.15) is 0 Å². The molecule has 0 amide bonds. The highest BCUT2D eigenvalue weighted by atomic mass is 16.3. The Morgan fingerprint density at radius 2 is 1.50 bits per heavy atom. The topological polar surface area (TPSA) is 40.5 Å². The molecule has 0 aliphatic carbocycles. The highest BCUT2D eigenvalue weighted by Crippen LogP contribution is 2.07. The van der Waals surface area contributed by atoms with Gasteiger partial charge in [-0.3, -0.25) is 0 Å². The van der Waals surface area contributed by atoms with Gasteiger partial charge in [-0.15, -0.1) is 0 Å². The van der Waals surface area contributed by atoms with Crippen molar-refractivity contribution in [3.63, 3.8) is 0 Å². The SMILES string of the molecule is C/C=C/C=C\C=C\C=C\[C@H](O)[C@H](O)CCCCC. The van der Waals surface area contributed by atoms with Crippen molar-refractivity contribution in [2.75, 3.05) is 0 Å². The van der Waals surface area contributed by atoms with Gasteiger partial charge < -0.3 is 10.2 Å². The number of hydrogen-bond acceptors (Lipinski definition) is 2. The minimum atomic E-state index is -0.772. The standard InChI is InChI=1S/C16H26O2/c1-3-5-7-8-9-10-12-14-16(18)15(17)13-11-6-4-2/h3,5,7-10,12,14-18H,4,6,11,13H2,1-2H3/b5-3+,8-7-,10-9+,14-12+/t15-,16+/m1/s1. The molecule has 0 aliphatic rings. The van der Waals surface area contributed by atoms with Crippen LogP contribution >= 0.6 is 0 Å². The second-order valence-electron chi connectivity index (χ2n) is 4.23. The number of rotatable bonds is 9. The first kappa shape index (κ1) is 16.9. The van der Waals surface area contributed by atoms with Crippen LogP contribution in [0.2, 0.25) is 0 Å². The summed E-state index contributed by atoms with van der Waals surface area (Å²) in [6, 6.07) is 0. The molecule has 0 aromatic rings. The molecule has 0 bridgehead atoms. The van der Waals surface area contributed by atoms with Gasteiger partial charge in [-0.25, -0.2) is 0 Å². The summed E-state index contributed by atoms with van der Waals surface area (Å²) < 4.78 is 0. The Kier molecular flexibility index (Phi) is 11.6. The highest BCUT2D eigenvalue weighted by Gasteiger charge is 2.11. The molecule has 0 aromatic heterocycles. The van der Waals surface area contributed by atoms with Crippen molar-refractivity contribution >= 4 is 0 Å². The van der Waals surface area contributed by atoms with Crippen molar-refractivity contribution in [2.24, 2.45) is 0 Å². The Morgan fingerprint density at radius 1 is 0.889 bits per heavy atom. The molecule has 0 heterocycles. The fraction of sp³-hybridized carbons (Fsp3) is 0.500. The van der Waals surface area contributed by atoms with Gasteiger partial charge >= 0.3 is 0 Å². The molecule has 0 fully saturated rings. The quantitative estimate of drug-likeness (QED) is 0.485. The van der Waals surface area contributed by atoms with E-state index in [1.54, 1.807) is 12.2 Å². The zero-order valence-corrected chi connectivity index (χ0v) is 11.5. The Bertz CT molecular complexity index is 287. The summed E-state index contributed by atoms with van der Waals surface area (Å²) in [5.41, 5.74) is 0. The van der Waals surface area contributed by atoms with Gasteiger partial charge in [-0.1, -0.05) is 74.8 Å². The van der Waals surface area contributed by atoms with Gasteiger partial charge in [0, 0.05) is 0 Å². The van der Waals surface area contributed by atoms with E-state index in [2.05, 4.69) is 6.92 Å². The maximum absolute atomic E-state index is 9.67. The molecule has 0 aromatic carbocycles. The summed E-state index contributed by atoms with van der Waals surface area (Å²) in [5.74, 6) is 0. The van der Waals surface area contributed by atoms with E-state index in [1.165, 1.54) is 0 Å². The van der Waals surface area contributed by atoms with Crippen LogP contribution in [0.15, 0.2) is 48.6 Å². The molecule has 102 valence electrons. The van der Waals surface area contributed by atoms with E-state index in [4.69, 9.17) is 0 Å². The van der Waals surface area contributed by atoms with Gasteiger partial charge in [0.2, 0.25) is 0 Å². The van der Waals surface area contributed by atoms with Crippen LogP contribution in [-0.4, -0.2) is 22.4 Å². The Hall–Kier alpha value is -1.12. The first-order valence-electron chi connectivity index (χ1n) is 6.71. The predicted molar refractivity (Wildman–Crippen MR) is 78.4 cm³/mol. The van der Waals surface area contributed by atoms with Crippen LogP contribution in [0.3, 0.4) is 0 Å². The largest absolute Gasteiger partial charge is 0.390 e. The first-order chi connectivity index (χ1) is 8.72. The molecule has 2 N–H and O–H groups in total. The fourth-order valence-electron chi connectivity index (χ4n) is 1.45. The van der Waals surface area contributed by atoms with Crippen molar-refractivity contribution < 1.29 is 10.2 Å². The summed E-state index contributed by atoms with van der Waals surface area (Å²) in [4.78, 5) is 0. The lowest BCUT2D eigenvalue weighted by molar-refractivity contribution is 0.0415. The van der Waals surface area contributed by atoms with Gasteiger partial charge in [0.15, 0.2) is 0 Å².